The number of aliphatic hydroxyl groups is 1. The van der Waals surface area contributed by atoms with Gasteiger partial charge in [-0.25, -0.2) is 0 Å². The summed E-state index contributed by atoms with van der Waals surface area (Å²) in [7, 11) is 0. The Balaban J connectivity index is 1.72. The highest BCUT2D eigenvalue weighted by molar-refractivity contribution is 5.66. The number of rotatable bonds is 10. The first-order valence-corrected chi connectivity index (χ1v) is 8.35. The van der Waals surface area contributed by atoms with Crippen LogP contribution in [0.4, 0.5) is 0 Å². The molecule has 4 heteroatoms. The molecule has 0 aromatic carbocycles. The predicted molar refractivity (Wildman–Crippen MR) is 81.1 cm³/mol. The van der Waals surface area contributed by atoms with E-state index in [1.54, 1.807) is 0 Å². The Morgan fingerprint density at radius 2 is 1.86 bits per heavy atom. The molecule has 0 radical (unpaired) electrons. The van der Waals surface area contributed by atoms with Crippen molar-refractivity contribution in [1.82, 2.24) is 0 Å². The van der Waals surface area contributed by atoms with Crippen molar-refractivity contribution in [2.75, 3.05) is 6.61 Å². The van der Waals surface area contributed by atoms with Crippen molar-refractivity contribution < 1.29 is 19.7 Å². The predicted octanol–water partition coefficient (Wildman–Crippen LogP) is 3.14. The van der Waals surface area contributed by atoms with E-state index >= 15 is 0 Å². The molecule has 2 bridgehead atoms. The third-order valence-electron chi connectivity index (χ3n) is 4.87. The highest BCUT2D eigenvalue weighted by Gasteiger charge is 2.47. The average Bonchev–Trinajstić information content (AvgIpc) is 3.04. The number of unbranched alkanes of at least 4 members (excludes halogenated alkanes) is 2. The van der Waals surface area contributed by atoms with E-state index in [4.69, 9.17) is 14.9 Å². The summed E-state index contributed by atoms with van der Waals surface area (Å²) >= 11 is 0. The Hall–Kier alpha value is -0.870. The summed E-state index contributed by atoms with van der Waals surface area (Å²) in [6.45, 7) is 0.288. The van der Waals surface area contributed by atoms with Gasteiger partial charge in [0.05, 0.1) is 12.2 Å². The van der Waals surface area contributed by atoms with E-state index in [1.807, 2.05) is 0 Å². The second-order valence-corrected chi connectivity index (χ2v) is 6.33. The number of aliphatic carboxylic acids is 1. The number of fused-ring (bicyclic) bond motifs is 2. The minimum absolute atomic E-state index is 0.255. The van der Waals surface area contributed by atoms with Gasteiger partial charge < -0.3 is 14.9 Å². The largest absolute Gasteiger partial charge is 0.481 e. The monoisotopic (exact) mass is 296 g/mol. The molecule has 4 atom stereocenters. The van der Waals surface area contributed by atoms with Crippen LogP contribution in [0.5, 0.6) is 0 Å². The van der Waals surface area contributed by atoms with Gasteiger partial charge in [0.15, 0.2) is 0 Å². The normalized spacial score (nSPS) is 31.3. The van der Waals surface area contributed by atoms with Gasteiger partial charge in [0.25, 0.3) is 0 Å². The summed E-state index contributed by atoms with van der Waals surface area (Å²) in [5.41, 5.74) is 0. The van der Waals surface area contributed by atoms with Crippen molar-refractivity contribution in [3.05, 3.63) is 12.2 Å². The van der Waals surface area contributed by atoms with Gasteiger partial charge in [0.2, 0.25) is 0 Å². The first-order valence-electron chi connectivity index (χ1n) is 8.35. The zero-order valence-corrected chi connectivity index (χ0v) is 12.7. The zero-order valence-electron chi connectivity index (χ0n) is 12.7. The van der Waals surface area contributed by atoms with Crippen molar-refractivity contribution in [2.24, 2.45) is 11.8 Å². The number of hydrogen-bond donors (Lipinski definition) is 2. The standard InChI is InChI=1S/C17H28O4/c18-12-6-5-8-14-13(15-10-11-16(14)21-15)7-3-1-2-4-9-17(19)20/h1,3,13-16,18H,2,4-12H2,(H,19,20)/b3-1-/t13-,14+,15-,16+/m1/s1. The van der Waals surface area contributed by atoms with Gasteiger partial charge in [0, 0.05) is 13.0 Å². The number of hydrogen-bond acceptors (Lipinski definition) is 3. The SMILES string of the molecule is O=C(O)CCC/C=C\C[C@@H]1[C@H](CCCCO)[C@@H]2CC[C@H]1O2. The fourth-order valence-electron chi connectivity index (χ4n) is 3.83. The van der Waals surface area contributed by atoms with Crippen molar-refractivity contribution >= 4 is 5.97 Å². The topological polar surface area (TPSA) is 66.8 Å². The van der Waals surface area contributed by atoms with Crippen LogP contribution in [-0.4, -0.2) is 35.0 Å². The van der Waals surface area contributed by atoms with Crippen LogP contribution < -0.4 is 0 Å². The first-order chi connectivity index (χ1) is 10.2. The summed E-state index contributed by atoms with van der Waals surface area (Å²) in [6.07, 6.45) is 13.6. The molecule has 120 valence electrons. The van der Waals surface area contributed by atoms with E-state index in [-0.39, 0.29) is 13.0 Å². The maximum absolute atomic E-state index is 10.4. The van der Waals surface area contributed by atoms with Gasteiger partial charge in [-0.15, -0.1) is 0 Å². The van der Waals surface area contributed by atoms with Crippen LogP contribution in [0.3, 0.4) is 0 Å². The lowest BCUT2D eigenvalue weighted by Crippen LogP contribution is -2.26. The molecule has 2 rings (SSSR count). The lowest BCUT2D eigenvalue weighted by Gasteiger charge is -2.27. The van der Waals surface area contributed by atoms with Crippen molar-refractivity contribution in [3.63, 3.8) is 0 Å². The number of allylic oxidation sites excluding steroid dienone is 2. The lowest BCUT2D eigenvalue weighted by molar-refractivity contribution is -0.137. The van der Waals surface area contributed by atoms with Gasteiger partial charge in [-0.2, -0.15) is 0 Å². The second-order valence-electron chi connectivity index (χ2n) is 6.33. The van der Waals surface area contributed by atoms with Gasteiger partial charge in [-0.3, -0.25) is 4.79 Å². The molecule has 21 heavy (non-hydrogen) atoms. The summed E-state index contributed by atoms with van der Waals surface area (Å²) in [5.74, 6) is 0.561. The number of carboxylic acid groups (broad SMARTS) is 1. The molecule has 2 N–H and O–H groups in total. The van der Waals surface area contributed by atoms with Crippen molar-refractivity contribution in [3.8, 4) is 0 Å². The Morgan fingerprint density at radius 1 is 1.10 bits per heavy atom. The van der Waals surface area contributed by atoms with E-state index < -0.39 is 5.97 Å². The number of ether oxygens (including phenoxy) is 1. The van der Waals surface area contributed by atoms with E-state index in [9.17, 15) is 4.79 Å². The Morgan fingerprint density at radius 3 is 2.57 bits per heavy atom. The summed E-state index contributed by atoms with van der Waals surface area (Å²) < 4.78 is 6.06. The molecule has 2 aliphatic heterocycles. The highest BCUT2D eigenvalue weighted by Crippen LogP contribution is 2.47. The molecule has 2 aliphatic rings. The Labute approximate surface area is 127 Å². The van der Waals surface area contributed by atoms with E-state index in [0.717, 1.165) is 32.1 Å². The van der Waals surface area contributed by atoms with Crippen LogP contribution in [0.25, 0.3) is 0 Å². The molecule has 0 spiro atoms. The first kappa shape index (κ1) is 16.5. The molecule has 2 heterocycles. The molecule has 0 aromatic heterocycles. The summed E-state index contributed by atoms with van der Waals surface area (Å²) in [4.78, 5) is 10.4. The van der Waals surface area contributed by atoms with Crippen LogP contribution in [-0.2, 0) is 9.53 Å². The smallest absolute Gasteiger partial charge is 0.303 e. The van der Waals surface area contributed by atoms with Gasteiger partial charge in [-0.05, 0) is 56.8 Å². The van der Waals surface area contributed by atoms with Crippen LogP contribution >= 0.6 is 0 Å². The van der Waals surface area contributed by atoms with Gasteiger partial charge >= 0.3 is 5.97 Å². The average molecular weight is 296 g/mol. The molecule has 2 fully saturated rings. The third-order valence-corrected chi connectivity index (χ3v) is 4.87. The number of carbonyl (C=O) groups is 1. The molecular weight excluding hydrogens is 268 g/mol. The number of aliphatic hydroxyl groups excluding tert-OH is 1. The zero-order chi connectivity index (χ0) is 15.1. The maximum Gasteiger partial charge on any atom is 0.303 e. The maximum atomic E-state index is 10.4. The molecule has 0 aliphatic carbocycles. The van der Waals surface area contributed by atoms with Crippen LogP contribution in [0, 0.1) is 11.8 Å². The fourth-order valence-corrected chi connectivity index (χ4v) is 3.83. The number of carboxylic acids is 1. The quantitative estimate of drug-likeness (QED) is 0.480. The van der Waals surface area contributed by atoms with Crippen LogP contribution in [0.15, 0.2) is 12.2 Å². The van der Waals surface area contributed by atoms with E-state index in [1.165, 1.54) is 19.3 Å². The van der Waals surface area contributed by atoms with Crippen molar-refractivity contribution in [1.29, 1.82) is 0 Å². The van der Waals surface area contributed by atoms with Gasteiger partial charge in [0.1, 0.15) is 0 Å². The third kappa shape index (κ3) is 4.82. The molecule has 0 saturated carbocycles. The molecular formula is C17H28O4. The summed E-state index contributed by atoms with van der Waals surface area (Å²) in [5, 5.41) is 17.5. The van der Waals surface area contributed by atoms with E-state index in [2.05, 4.69) is 12.2 Å². The highest BCUT2D eigenvalue weighted by atomic mass is 16.5. The molecule has 4 nitrogen and oxygen atoms in total. The second kappa shape index (κ2) is 8.54. The minimum Gasteiger partial charge on any atom is -0.481 e. The van der Waals surface area contributed by atoms with Crippen LogP contribution in [0.2, 0.25) is 0 Å². The molecule has 0 amide bonds. The van der Waals surface area contributed by atoms with Crippen LogP contribution in [0.1, 0.15) is 57.8 Å². The van der Waals surface area contributed by atoms with E-state index in [0.29, 0.717) is 24.0 Å². The summed E-state index contributed by atoms with van der Waals surface area (Å²) in [6, 6.07) is 0. The Bertz CT molecular complexity index is 353. The van der Waals surface area contributed by atoms with Gasteiger partial charge in [-0.1, -0.05) is 18.6 Å². The molecule has 0 unspecified atom stereocenters. The molecule has 0 aromatic rings. The minimum atomic E-state index is -0.714. The Kier molecular flexibility index (Phi) is 6.71. The lowest BCUT2D eigenvalue weighted by atomic mass is 9.75. The van der Waals surface area contributed by atoms with Crippen molar-refractivity contribution in [2.45, 2.75) is 70.0 Å². The fraction of sp³-hybridized carbons (Fsp3) is 0.824. The molecule has 2 saturated heterocycles.